The normalized spacial score (nSPS) is 11.2. The van der Waals surface area contributed by atoms with Crippen LogP contribution in [0.1, 0.15) is 16.9 Å². The molecule has 0 unspecified atom stereocenters. The van der Waals surface area contributed by atoms with E-state index in [4.69, 9.17) is 13.6 Å². The van der Waals surface area contributed by atoms with Crippen molar-refractivity contribution in [3.8, 4) is 23.1 Å². The lowest BCUT2D eigenvalue weighted by Gasteiger charge is -2.16. The predicted molar refractivity (Wildman–Crippen MR) is 87.4 cm³/mol. The van der Waals surface area contributed by atoms with E-state index in [0.29, 0.717) is 44.9 Å². The molecule has 1 aromatic heterocycles. The van der Waals surface area contributed by atoms with Gasteiger partial charge in [-0.3, -0.25) is 4.79 Å². The molecule has 0 bridgehead atoms. The third kappa shape index (κ3) is 1.69. The van der Waals surface area contributed by atoms with Crippen LogP contribution in [0, 0.1) is 25.2 Å². The lowest BCUT2D eigenvalue weighted by molar-refractivity contribution is 0.423. The van der Waals surface area contributed by atoms with Crippen LogP contribution < -0.4 is 10.3 Å². The van der Waals surface area contributed by atoms with Crippen molar-refractivity contribution in [2.75, 3.05) is 7.11 Å². The fourth-order valence-electron chi connectivity index (χ4n) is 3.21. The van der Waals surface area contributed by atoms with Crippen LogP contribution in [0.3, 0.4) is 0 Å². The topological polar surface area (TPSA) is 89.3 Å². The average Bonchev–Trinajstić information content (AvgIpc) is 3.00. The molecule has 4 rings (SSSR count). The summed E-state index contributed by atoms with van der Waals surface area (Å²) in [6.45, 7) is 3.50. The zero-order chi connectivity index (χ0) is 17.0. The Balaban J connectivity index is 2.34. The highest BCUT2D eigenvalue weighted by Gasteiger charge is 2.25. The van der Waals surface area contributed by atoms with Crippen molar-refractivity contribution in [1.82, 2.24) is 4.98 Å². The first-order valence-electron chi connectivity index (χ1n) is 7.28. The summed E-state index contributed by atoms with van der Waals surface area (Å²) in [4.78, 5) is 16.4. The van der Waals surface area contributed by atoms with Gasteiger partial charge in [0.2, 0.25) is 0 Å². The molecule has 0 saturated heterocycles. The molecule has 1 aromatic carbocycles. The van der Waals surface area contributed by atoms with E-state index in [-0.39, 0.29) is 5.56 Å². The van der Waals surface area contributed by atoms with Gasteiger partial charge in [-0.25, -0.2) is 4.98 Å². The van der Waals surface area contributed by atoms with Crippen molar-refractivity contribution >= 4 is 21.9 Å². The fraction of sp³-hybridized carbons (Fsp3) is 0.167. The number of rotatable bonds is 1. The van der Waals surface area contributed by atoms with Crippen LogP contribution in [0.25, 0.3) is 33.2 Å². The van der Waals surface area contributed by atoms with Gasteiger partial charge in [0.15, 0.2) is 0 Å². The van der Waals surface area contributed by atoms with E-state index in [0.717, 1.165) is 5.39 Å². The molecule has 0 aliphatic carbocycles. The SMILES string of the molecule is COc1c2ccoc2cc2oc(C)c3c(C)c(C#N)c(=O)nc-3c12. The minimum Gasteiger partial charge on any atom is -0.495 e. The van der Waals surface area contributed by atoms with Crippen LogP contribution in [-0.4, -0.2) is 12.1 Å². The van der Waals surface area contributed by atoms with Crippen molar-refractivity contribution in [2.45, 2.75) is 13.8 Å². The highest BCUT2D eigenvalue weighted by atomic mass is 16.5. The van der Waals surface area contributed by atoms with Gasteiger partial charge in [-0.2, -0.15) is 5.26 Å². The summed E-state index contributed by atoms with van der Waals surface area (Å²) in [7, 11) is 1.54. The molecule has 0 N–H and O–H groups in total. The van der Waals surface area contributed by atoms with Crippen molar-refractivity contribution in [3.05, 3.63) is 45.6 Å². The second kappa shape index (κ2) is 4.83. The third-order valence-corrected chi connectivity index (χ3v) is 4.26. The smallest absolute Gasteiger partial charge is 0.288 e. The van der Waals surface area contributed by atoms with Crippen molar-refractivity contribution in [2.24, 2.45) is 0 Å². The van der Waals surface area contributed by atoms with Gasteiger partial charge in [0.1, 0.15) is 34.3 Å². The van der Waals surface area contributed by atoms with E-state index < -0.39 is 5.56 Å². The number of aryl methyl sites for hydroxylation is 1. The van der Waals surface area contributed by atoms with Crippen LogP contribution in [-0.2, 0) is 0 Å². The molecule has 0 amide bonds. The summed E-state index contributed by atoms with van der Waals surface area (Å²) in [5.41, 5.74) is 2.29. The van der Waals surface area contributed by atoms with Crippen LogP contribution >= 0.6 is 0 Å². The highest BCUT2D eigenvalue weighted by molar-refractivity contribution is 6.08. The Hall–Kier alpha value is -3.33. The standard InChI is InChI=1S/C18H12N2O4/c1-8-11(7-19)18(21)20-16-14(8)9(2)24-13-6-12-10(4-5-23-12)17(22-3)15(13)16/h4-6H,1-3H3. The first-order valence-corrected chi connectivity index (χ1v) is 7.28. The van der Waals surface area contributed by atoms with Crippen molar-refractivity contribution < 1.29 is 13.6 Å². The van der Waals surface area contributed by atoms with Crippen LogP contribution in [0.4, 0.5) is 0 Å². The summed E-state index contributed by atoms with van der Waals surface area (Å²) in [6, 6.07) is 5.46. The Morgan fingerprint density at radius 3 is 2.79 bits per heavy atom. The van der Waals surface area contributed by atoms with E-state index in [9.17, 15) is 10.1 Å². The summed E-state index contributed by atoms with van der Waals surface area (Å²) in [5, 5.41) is 10.6. The molecule has 2 aromatic rings. The summed E-state index contributed by atoms with van der Waals surface area (Å²) in [6.07, 6.45) is 1.56. The number of nitrogens with zero attached hydrogens (tertiary/aromatic N) is 2. The largest absolute Gasteiger partial charge is 0.495 e. The molecule has 0 fully saturated rings. The lowest BCUT2D eigenvalue weighted by atomic mass is 9.96. The predicted octanol–water partition coefficient (Wildman–Crippen LogP) is 3.54. The first-order chi connectivity index (χ1) is 11.6. The number of furan rings is 1. The Bertz CT molecular complexity index is 1190. The minimum atomic E-state index is -0.552. The van der Waals surface area contributed by atoms with Gasteiger partial charge in [-0.1, -0.05) is 0 Å². The molecule has 3 heterocycles. The molecule has 118 valence electrons. The van der Waals surface area contributed by atoms with E-state index in [1.54, 1.807) is 39.4 Å². The molecular weight excluding hydrogens is 308 g/mol. The summed E-state index contributed by atoms with van der Waals surface area (Å²) in [5.74, 6) is 1.10. The van der Waals surface area contributed by atoms with E-state index >= 15 is 0 Å². The molecular formula is C18H12N2O4. The van der Waals surface area contributed by atoms with Gasteiger partial charge < -0.3 is 13.6 Å². The van der Waals surface area contributed by atoms with Gasteiger partial charge in [0.05, 0.1) is 29.8 Å². The molecule has 0 saturated carbocycles. The van der Waals surface area contributed by atoms with E-state index in [1.807, 2.05) is 6.07 Å². The molecule has 24 heavy (non-hydrogen) atoms. The summed E-state index contributed by atoms with van der Waals surface area (Å²) < 4.78 is 16.9. The maximum Gasteiger partial charge on any atom is 0.288 e. The molecule has 0 radical (unpaired) electrons. The van der Waals surface area contributed by atoms with Gasteiger partial charge in [0, 0.05) is 11.6 Å². The second-order valence-electron chi connectivity index (χ2n) is 5.53. The maximum absolute atomic E-state index is 12.2. The quantitative estimate of drug-likeness (QED) is 0.498. The Labute approximate surface area is 136 Å². The molecule has 0 atom stereocenters. The Kier molecular flexibility index (Phi) is 2.87. The number of aromatic nitrogens is 1. The molecule has 6 heteroatoms. The van der Waals surface area contributed by atoms with Crippen LogP contribution in [0.15, 0.2) is 32.0 Å². The number of benzene rings is 1. The van der Waals surface area contributed by atoms with Crippen LogP contribution in [0.2, 0.25) is 0 Å². The number of hydrogen-bond acceptors (Lipinski definition) is 6. The molecule has 2 aliphatic rings. The lowest BCUT2D eigenvalue weighted by Crippen LogP contribution is -2.16. The number of nitriles is 1. The van der Waals surface area contributed by atoms with Gasteiger partial charge in [-0.15, -0.1) is 0 Å². The monoisotopic (exact) mass is 320 g/mol. The molecule has 0 spiro atoms. The zero-order valence-electron chi connectivity index (χ0n) is 13.3. The number of methoxy groups -OCH3 is 1. The van der Waals surface area contributed by atoms with Gasteiger partial charge >= 0.3 is 0 Å². The minimum absolute atomic E-state index is 0.0310. The van der Waals surface area contributed by atoms with Crippen molar-refractivity contribution in [3.63, 3.8) is 0 Å². The van der Waals surface area contributed by atoms with E-state index in [1.165, 1.54) is 0 Å². The van der Waals surface area contributed by atoms with Crippen molar-refractivity contribution in [1.29, 1.82) is 5.26 Å². The Morgan fingerprint density at radius 2 is 2.08 bits per heavy atom. The Morgan fingerprint density at radius 1 is 1.29 bits per heavy atom. The molecule has 2 aliphatic heterocycles. The number of fused-ring (bicyclic) bond motifs is 4. The third-order valence-electron chi connectivity index (χ3n) is 4.26. The van der Waals surface area contributed by atoms with Crippen LogP contribution in [0.5, 0.6) is 5.75 Å². The zero-order valence-corrected chi connectivity index (χ0v) is 13.3. The fourth-order valence-corrected chi connectivity index (χ4v) is 3.21. The number of hydrogen-bond donors (Lipinski definition) is 0. The second-order valence-corrected chi connectivity index (χ2v) is 5.53. The average molecular weight is 320 g/mol. The number of pyridine rings is 1. The molecule has 6 nitrogen and oxygen atoms in total. The highest BCUT2D eigenvalue weighted by Crippen LogP contribution is 2.43. The number of ether oxygens (including phenoxy) is 1. The first kappa shape index (κ1) is 14.3. The summed E-state index contributed by atoms with van der Waals surface area (Å²) >= 11 is 0. The maximum atomic E-state index is 12.2. The van der Waals surface area contributed by atoms with Gasteiger partial charge in [-0.05, 0) is 25.5 Å². The van der Waals surface area contributed by atoms with E-state index in [2.05, 4.69) is 4.98 Å². The van der Waals surface area contributed by atoms with Gasteiger partial charge in [0.25, 0.3) is 5.56 Å².